The summed E-state index contributed by atoms with van der Waals surface area (Å²) < 4.78 is 5.07. The van der Waals surface area contributed by atoms with Crippen LogP contribution in [0.5, 0.6) is 0 Å². The van der Waals surface area contributed by atoms with Gasteiger partial charge in [-0.2, -0.15) is 0 Å². The second-order valence-corrected chi connectivity index (χ2v) is 17.2. The zero-order valence-electron chi connectivity index (χ0n) is 34.4. The lowest BCUT2D eigenvalue weighted by Crippen LogP contribution is -2.09. The second-order valence-electron chi connectivity index (χ2n) is 16.1. The van der Waals surface area contributed by atoms with Gasteiger partial charge >= 0.3 is 0 Å². The van der Waals surface area contributed by atoms with Gasteiger partial charge in [0.05, 0.1) is 11.0 Å². The highest BCUT2D eigenvalue weighted by Crippen LogP contribution is 2.42. The second kappa shape index (κ2) is 15.5. The van der Waals surface area contributed by atoms with Crippen molar-refractivity contribution in [1.29, 1.82) is 0 Å². The summed E-state index contributed by atoms with van der Waals surface area (Å²) in [5.41, 5.74) is 16.5. The number of benzene rings is 10. The average Bonchev–Trinajstić information content (AvgIpc) is 3.90. The van der Waals surface area contributed by atoms with Crippen LogP contribution in [0.25, 0.3) is 92.2 Å². The topological polar surface area (TPSA) is 8.17 Å². The summed E-state index contributed by atoms with van der Waals surface area (Å²) in [6.45, 7) is 0. The van der Waals surface area contributed by atoms with E-state index in [2.05, 4.69) is 252 Å². The number of anilines is 3. The van der Waals surface area contributed by atoms with Crippen molar-refractivity contribution in [3.05, 3.63) is 243 Å². The van der Waals surface area contributed by atoms with E-state index in [0.29, 0.717) is 0 Å². The van der Waals surface area contributed by atoms with Crippen LogP contribution in [0.3, 0.4) is 0 Å². The Bertz CT molecular complexity index is 3600. The fourth-order valence-corrected chi connectivity index (χ4v) is 10.5. The van der Waals surface area contributed by atoms with Gasteiger partial charge in [-0.15, -0.1) is 11.3 Å². The fraction of sp³-hybridized carbons (Fsp3) is 0. The smallest absolute Gasteiger partial charge is 0.0541 e. The number of fused-ring (bicyclic) bond motifs is 6. The molecule has 0 aliphatic carbocycles. The zero-order chi connectivity index (χ0) is 41.7. The summed E-state index contributed by atoms with van der Waals surface area (Å²) >= 11 is 1.86. The maximum Gasteiger partial charge on any atom is 0.0541 e. The van der Waals surface area contributed by atoms with Crippen LogP contribution < -0.4 is 4.90 Å². The van der Waals surface area contributed by atoms with Crippen molar-refractivity contribution in [3.8, 4) is 50.2 Å². The Kier molecular flexibility index (Phi) is 9.06. The van der Waals surface area contributed by atoms with Gasteiger partial charge < -0.3 is 9.47 Å². The van der Waals surface area contributed by atoms with Gasteiger partial charge in [0.15, 0.2) is 0 Å². The summed E-state index contributed by atoms with van der Waals surface area (Å²) in [7, 11) is 0. The summed E-state index contributed by atoms with van der Waals surface area (Å²) in [6, 6.07) is 88.3. The van der Waals surface area contributed by atoms with Gasteiger partial charge in [-0.3, -0.25) is 0 Å². The average molecular weight is 821 g/mol. The van der Waals surface area contributed by atoms with Gasteiger partial charge in [-0.1, -0.05) is 164 Å². The minimum atomic E-state index is 1.10. The van der Waals surface area contributed by atoms with E-state index in [-0.39, 0.29) is 0 Å². The lowest BCUT2D eigenvalue weighted by molar-refractivity contribution is 1.19. The van der Waals surface area contributed by atoms with Crippen molar-refractivity contribution in [1.82, 2.24) is 4.57 Å². The molecule has 0 atom stereocenters. The van der Waals surface area contributed by atoms with Gasteiger partial charge in [-0.05, 0) is 123 Å². The summed E-state index contributed by atoms with van der Waals surface area (Å²) in [4.78, 5) is 2.35. The van der Waals surface area contributed by atoms with Crippen LogP contribution in [0.1, 0.15) is 0 Å². The van der Waals surface area contributed by atoms with E-state index in [1.165, 1.54) is 92.2 Å². The standard InChI is InChI=1S/C60H40N2S/c1-3-14-41(15-4-1)42-26-28-43(29-27-42)45-16-13-19-49(38-45)61(47-17-5-2-6-18-47)48-33-30-44(31-34-48)51-20-7-8-21-52(51)46-32-36-58-55(39-46)53-22-9-11-24-57(53)62(58)50-35-37-60-56(40-50)54-23-10-12-25-59(54)63-60/h1-40H. The Hall–Kier alpha value is -7.98. The lowest BCUT2D eigenvalue weighted by Gasteiger charge is -2.26. The highest BCUT2D eigenvalue weighted by atomic mass is 32.1. The molecule has 0 radical (unpaired) electrons. The van der Waals surface area contributed by atoms with Gasteiger partial charge in [0.25, 0.3) is 0 Å². The largest absolute Gasteiger partial charge is 0.310 e. The van der Waals surface area contributed by atoms with Crippen LogP contribution in [0.4, 0.5) is 17.1 Å². The van der Waals surface area contributed by atoms with Crippen molar-refractivity contribution >= 4 is 70.4 Å². The molecule has 2 aromatic heterocycles. The normalized spacial score (nSPS) is 11.5. The van der Waals surface area contributed by atoms with Crippen LogP contribution >= 0.6 is 11.3 Å². The first kappa shape index (κ1) is 36.8. The molecule has 0 unspecified atom stereocenters. The predicted octanol–water partition coefficient (Wildman–Crippen LogP) is 17.3. The van der Waals surface area contributed by atoms with Crippen molar-refractivity contribution < 1.29 is 0 Å². The number of hydrogen-bond acceptors (Lipinski definition) is 2. The molecule has 0 aliphatic rings. The van der Waals surface area contributed by atoms with E-state index in [1.807, 2.05) is 11.3 Å². The van der Waals surface area contributed by atoms with Crippen LogP contribution in [0.15, 0.2) is 243 Å². The molecule has 0 bridgehead atoms. The molecule has 296 valence electrons. The molecular weight excluding hydrogens is 781 g/mol. The SMILES string of the molecule is c1ccc(-c2ccc(-c3cccc(N(c4ccccc4)c4ccc(-c5ccccc5-c5ccc6c(c5)c5ccccc5n6-c5ccc6sc7ccccc7c6c5)cc4)c3)cc2)cc1. The highest BCUT2D eigenvalue weighted by molar-refractivity contribution is 7.25. The maximum atomic E-state index is 2.43. The number of aromatic nitrogens is 1. The van der Waals surface area contributed by atoms with E-state index >= 15 is 0 Å². The monoisotopic (exact) mass is 820 g/mol. The molecular formula is C60H40N2S. The molecule has 10 aromatic carbocycles. The van der Waals surface area contributed by atoms with Crippen LogP contribution in [0.2, 0.25) is 0 Å². The molecule has 0 N–H and O–H groups in total. The lowest BCUT2D eigenvalue weighted by atomic mass is 9.93. The van der Waals surface area contributed by atoms with Crippen molar-refractivity contribution in [3.63, 3.8) is 0 Å². The van der Waals surface area contributed by atoms with Gasteiger partial charge in [0.2, 0.25) is 0 Å². The Morgan fingerprint density at radius 1 is 0.286 bits per heavy atom. The van der Waals surface area contributed by atoms with Crippen molar-refractivity contribution in [2.45, 2.75) is 0 Å². The van der Waals surface area contributed by atoms with Crippen LogP contribution in [0, 0.1) is 0 Å². The van der Waals surface area contributed by atoms with E-state index in [0.717, 1.165) is 17.1 Å². The maximum absolute atomic E-state index is 2.43. The van der Waals surface area contributed by atoms with E-state index in [1.54, 1.807) is 0 Å². The molecule has 3 heteroatoms. The highest BCUT2D eigenvalue weighted by Gasteiger charge is 2.18. The molecule has 2 nitrogen and oxygen atoms in total. The third-order valence-corrected chi connectivity index (χ3v) is 13.6. The molecule has 12 rings (SSSR count). The third-order valence-electron chi connectivity index (χ3n) is 12.4. The molecule has 12 aromatic rings. The van der Waals surface area contributed by atoms with Crippen molar-refractivity contribution in [2.24, 2.45) is 0 Å². The van der Waals surface area contributed by atoms with Gasteiger partial charge in [0.1, 0.15) is 0 Å². The number of hydrogen-bond donors (Lipinski definition) is 0. The summed E-state index contributed by atoms with van der Waals surface area (Å²) in [5.74, 6) is 0. The number of rotatable bonds is 8. The Balaban J connectivity index is 0.903. The molecule has 2 heterocycles. The first-order valence-corrected chi connectivity index (χ1v) is 22.3. The predicted molar refractivity (Wildman–Crippen MR) is 270 cm³/mol. The summed E-state index contributed by atoms with van der Waals surface area (Å²) in [5, 5.41) is 5.12. The first-order valence-electron chi connectivity index (χ1n) is 21.5. The number of thiophene rings is 1. The molecule has 63 heavy (non-hydrogen) atoms. The summed E-state index contributed by atoms with van der Waals surface area (Å²) in [6.07, 6.45) is 0. The van der Waals surface area contributed by atoms with E-state index in [4.69, 9.17) is 0 Å². The fourth-order valence-electron chi connectivity index (χ4n) is 9.38. The number of nitrogens with zero attached hydrogens (tertiary/aromatic N) is 2. The molecule has 0 saturated carbocycles. The molecule has 0 fully saturated rings. The molecule has 0 amide bonds. The quantitative estimate of drug-likeness (QED) is 0.148. The first-order chi connectivity index (χ1) is 31.2. The molecule has 0 saturated heterocycles. The van der Waals surface area contributed by atoms with Gasteiger partial charge in [-0.25, -0.2) is 0 Å². The minimum absolute atomic E-state index is 1.10. The third kappa shape index (κ3) is 6.58. The van der Waals surface area contributed by atoms with Crippen LogP contribution in [-0.2, 0) is 0 Å². The Labute approximate surface area is 370 Å². The number of para-hydroxylation sites is 2. The van der Waals surface area contributed by atoms with E-state index in [9.17, 15) is 0 Å². The van der Waals surface area contributed by atoms with Crippen molar-refractivity contribution in [2.75, 3.05) is 4.90 Å². The Morgan fingerprint density at radius 3 is 1.62 bits per heavy atom. The zero-order valence-corrected chi connectivity index (χ0v) is 35.2. The molecule has 0 spiro atoms. The van der Waals surface area contributed by atoms with E-state index < -0.39 is 0 Å². The van der Waals surface area contributed by atoms with Gasteiger partial charge in [0, 0.05) is 53.7 Å². The Morgan fingerprint density at radius 2 is 0.825 bits per heavy atom. The molecule has 0 aliphatic heterocycles. The van der Waals surface area contributed by atoms with Crippen LogP contribution in [-0.4, -0.2) is 4.57 Å². The minimum Gasteiger partial charge on any atom is -0.310 e.